The summed E-state index contributed by atoms with van der Waals surface area (Å²) in [6, 6.07) is 9.60. The Labute approximate surface area is 114 Å². The molecule has 19 heavy (non-hydrogen) atoms. The fourth-order valence-electron chi connectivity index (χ4n) is 2.99. The van der Waals surface area contributed by atoms with Crippen molar-refractivity contribution in [1.29, 1.82) is 0 Å². The first-order valence-electron chi connectivity index (χ1n) is 7.47. The van der Waals surface area contributed by atoms with E-state index >= 15 is 0 Å². The summed E-state index contributed by atoms with van der Waals surface area (Å²) in [7, 11) is 0. The Morgan fingerprint density at radius 3 is 2.89 bits per heavy atom. The van der Waals surface area contributed by atoms with Crippen molar-refractivity contribution in [2.24, 2.45) is 0 Å². The average Bonchev–Trinajstić information content (AvgIpc) is 3.23. The molecule has 1 aromatic carbocycles. The predicted molar refractivity (Wildman–Crippen MR) is 74.7 cm³/mol. The smallest absolute Gasteiger partial charge is 0.278 e. The van der Waals surface area contributed by atoms with E-state index in [9.17, 15) is 4.79 Å². The van der Waals surface area contributed by atoms with E-state index in [-0.39, 0.29) is 11.9 Å². The summed E-state index contributed by atoms with van der Waals surface area (Å²) >= 11 is 0. The van der Waals surface area contributed by atoms with E-state index in [2.05, 4.69) is 34.9 Å². The zero-order valence-electron chi connectivity index (χ0n) is 11.6. The molecule has 3 N–H and O–H groups in total. The van der Waals surface area contributed by atoms with Crippen molar-refractivity contribution in [2.75, 3.05) is 0 Å². The van der Waals surface area contributed by atoms with Crippen molar-refractivity contribution in [3.05, 3.63) is 35.4 Å². The van der Waals surface area contributed by atoms with Crippen LogP contribution in [0.25, 0.3) is 0 Å². The summed E-state index contributed by atoms with van der Waals surface area (Å²) in [5.41, 5.74) is 2.89. The molecule has 2 aliphatic carbocycles. The number of nitrogens with two attached hydrogens (primary N) is 1. The van der Waals surface area contributed by atoms with Crippen LogP contribution in [0.15, 0.2) is 24.3 Å². The SMILES string of the molecule is C[C@H]([NH2+][C@H]1CCCc2ccccc21)C(=O)NC1CC1. The zero-order valence-corrected chi connectivity index (χ0v) is 11.6. The minimum atomic E-state index is 0.0109. The highest BCUT2D eigenvalue weighted by Crippen LogP contribution is 2.26. The van der Waals surface area contributed by atoms with Crippen LogP contribution < -0.4 is 10.6 Å². The molecule has 0 spiro atoms. The summed E-state index contributed by atoms with van der Waals surface area (Å²) in [6.45, 7) is 2.02. The largest absolute Gasteiger partial charge is 0.348 e. The Morgan fingerprint density at radius 2 is 2.11 bits per heavy atom. The molecule has 0 unspecified atom stereocenters. The summed E-state index contributed by atoms with van der Waals surface area (Å²) < 4.78 is 0. The minimum absolute atomic E-state index is 0.0109. The predicted octanol–water partition coefficient (Wildman–Crippen LogP) is 1.29. The van der Waals surface area contributed by atoms with E-state index in [0.717, 1.165) is 12.8 Å². The molecule has 3 nitrogen and oxygen atoms in total. The lowest BCUT2D eigenvalue weighted by Gasteiger charge is -2.26. The minimum Gasteiger partial charge on any atom is -0.348 e. The van der Waals surface area contributed by atoms with Crippen LogP contribution in [0.1, 0.15) is 49.8 Å². The van der Waals surface area contributed by atoms with Gasteiger partial charge in [-0.25, -0.2) is 0 Å². The molecule has 1 amide bonds. The van der Waals surface area contributed by atoms with Crippen LogP contribution in [0.5, 0.6) is 0 Å². The number of rotatable bonds is 4. The van der Waals surface area contributed by atoms with Gasteiger partial charge in [0.15, 0.2) is 6.04 Å². The van der Waals surface area contributed by atoms with E-state index in [1.54, 1.807) is 0 Å². The van der Waals surface area contributed by atoms with Crippen LogP contribution in [0.4, 0.5) is 0 Å². The Kier molecular flexibility index (Phi) is 3.56. The first kappa shape index (κ1) is 12.7. The lowest BCUT2D eigenvalue weighted by molar-refractivity contribution is -0.714. The van der Waals surface area contributed by atoms with Gasteiger partial charge in [-0.2, -0.15) is 0 Å². The molecule has 0 radical (unpaired) electrons. The molecule has 2 atom stereocenters. The number of amides is 1. The Morgan fingerprint density at radius 1 is 1.32 bits per heavy atom. The van der Waals surface area contributed by atoms with Crippen molar-refractivity contribution >= 4 is 5.91 Å². The lowest BCUT2D eigenvalue weighted by atomic mass is 9.87. The quantitative estimate of drug-likeness (QED) is 0.841. The normalized spacial score (nSPS) is 23.5. The Balaban J connectivity index is 1.64. The van der Waals surface area contributed by atoms with Gasteiger partial charge in [0.1, 0.15) is 6.04 Å². The monoisotopic (exact) mass is 259 g/mol. The van der Waals surface area contributed by atoms with Gasteiger partial charge in [-0.05, 0) is 38.2 Å². The molecule has 102 valence electrons. The first-order valence-corrected chi connectivity index (χ1v) is 7.47. The number of aryl methyl sites for hydroxylation is 1. The zero-order chi connectivity index (χ0) is 13.2. The van der Waals surface area contributed by atoms with Crippen LogP contribution in [-0.4, -0.2) is 18.0 Å². The van der Waals surface area contributed by atoms with Crippen molar-refractivity contribution in [2.45, 2.75) is 57.2 Å². The molecular weight excluding hydrogens is 236 g/mol. The second kappa shape index (κ2) is 5.33. The highest BCUT2D eigenvalue weighted by atomic mass is 16.2. The highest BCUT2D eigenvalue weighted by Gasteiger charge is 2.30. The van der Waals surface area contributed by atoms with Crippen LogP contribution in [0.3, 0.4) is 0 Å². The molecule has 0 heterocycles. The van der Waals surface area contributed by atoms with Crippen molar-refractivity contribution < 1.29 is 10.1 Å². The molecule has 1 fully saturated rings. The van der Waals surface area contributed by atoms with Crippen LogP contribution in [0.2, 0.25) is 0 Å². The van der Waals surface area contributed by atoms with Crippen LogP contribution in [-0.2, 0) is 11.2 Å². The van der Waals surface area contributed by atoms with Gasteiger partial charge in [-0.1, -0.05) is 24.3 Å². The molecule has 3 rings (SSSR count). The van der Waals surface area contributed by atoms with Crippen molar-refractivity contribution in [1.82, 2.24) is 5.32 Å². The topological polar surface area (TPSA) is 45.7 Å². The summed E-state index contributed by atoms with van der Waals surface area (Å²) in [5.74, 6) is 0.200. The molecule has 1 aromatic rings. The molecule has 0 aromatic heterocycles. The maximum Gasteiger partial charge on any atom is 0.278 e. The summed E-state index contributed by atoms with van der Waals surface area (Å²) in [4.78, 5) is 12.0. The van der Waals surface area contributed by atoms with E-state index in [0.29, 0.717) is 12.1 Å². The van der Waals surface area contributed by atoms with Crippen LogP contribution in [0, 0.1) is 0 Å². The van der Waals surface area contributed by atoms with Crippen molar-refractivity contribution in [3.8, 4) is 0 Å². The number of carbonyl (C=O) groups is 1. The van der Waals surface area contributed by atoms with Gasteiger partial charge in [-0.3, -0.25) is 4.79 Å². The van der Waals surface area contributed by atoms with Crippen LogP contribution >= 0.6 is 0 Å². The number of carbonyl (C=O) groups excluding carboxylic acids is 1. The van der Waals surface area contributed by atoms with E-state index in [1.165, 1.54) is 30.4 Å². The van der Waals surface area contributed by atoms with Gasteiger partial charge in [0, 0.05) is 18.0 Å². The molecule has 0 saturated heterocycles. The third-order valence-corrected chi connectivity index (χ3v) is 4.27. The summed E-state index contributed by atoms with van der Waals surface area (Å²) in [5, 5.41) is 5.34. The number of hydrogen-bond acceptors (Lipinski definition) is 1. The molecular formula is C16H23N2O+. The average molecular weight is 259 g/mol. The maximum absolute atomic E-state index is 12.0. The highest BCUT2D eigenvalue weighted by molar-refractivity contribution is 5.80. The van der Waals surface area contributed by atoms with E-state index < -0.39 is 0 Å². The number of quaternary nitrogens is 1. The van der Waals surface area contributed by atoms with E-state index in [1.807, 2.05) is 6.92 Å². The lowest BCUT2D eigenvalue weighted by Crippen LogP contribution is -2.92. The maximum atomic E-state index is 12.0. The molecule has 3 heteroatoms. The van der Waals surface area contributed by atoms with Gasteiger partial charge in [-0.15, -0.1) is 0 Å². The fourth-order valence-corrected chi connectivity index (χ4v) is 2.99. The Bertz CT molecular complexity index is 468. The van der Waals surface area contributed by atoms with Crippen molar-refractivity contribution in [3.63, 3.8) is 0 Å². The molecule has 2 aliphatic rings. The van der Waals surface area contributed by atoms with Gasteiger partial charge in [0.05, 0.1) is 0 Å². The molecule has 1 saturated carbocycles. The fraction of sp³-hybridized carbons (Fsp3) is 0.562. The Hall–Kier alpha value is -1.35. The molecule has 0 aliphatic heterocycles. The van der Waals surface area contributed by atoms with Gasteiger partial charge in [0.25, 0.3) is 5.91 Å². The number of fused-ring (bicyclic) bond motifs is 1. The van der Waals surface area contributed by atoms with Gasteiger partial charge >= 0.3 is 0 Å². The van der Waals surface area contributed by atoms with Gasteiger partial charge in [0.2, 0.25) is 0 Å². The van der Waals surface area contributed by atoms with E-state index in [4.69, 9.17) is 0 Å². The number of hydrogen-bond donors (Lipinski definition) is 2. The van der Waals surface area contributed by atoms with Gasteiger partial charge < -0.3 is 10.6 Å². The number of nitrogens with one attached hydrogen (secondary N) is 1. The standard InChI is InChI=1S/C16H22N2O/c1-11(16(19)18-13-9-10-13)17-15-8-4-6-12-5-2-3-7-14(12)15/h2-3,5,7,11,13,15,17H,4,6,8-10H2,1H3,(H,18,19)/p+1/t11-,15-/m0/s1. The molecule has 0 bridgehead atoms. The summed E-state index contributed by atoms with van der Waals surface area (Å²) in [6.07, 6.45) is 5.91. The third kappa shape index (κ3) is 2.98. The second-order valence-corrected chi connectivity index (χ2v) is 5.96. The third-order valence-electron chi connectivity index (χ3n) is 4.27. The second-order valence-electron chi connectivity index (χ2n) is 5.96. The number of benzene rings is 1. The first-order chi connectivity index (χ1) is 9.24.